The largest absolute Gasteiger partial charge is 0.378 e. The third-order valence-electron chi connectivity index (χ3n) is 4.54. The summed E-state index contributed by atoms with van der Waals surface area (Å²) in [5.41, 5.74) is 0.729. The van der Waals surface area contributed by atoms with Crippen molar-refractivity contribution < 1.29 is 13.9 Å². The minimum atomic E-state index is -0.486. The lowest BCUT2D eigenvalue weighted by molar-refractivity contribution is -0.136. The first-order valence-corrected chi connectivity index (χ1v) is 8.20. The summed E-state index contributed by atoms with van der Waals surface area (Å²) in [7, 11) is 0. The van der Waals surface area contributed by atoms with Gasteiger partial charge in [0.05, 0.1) is 25.4 Å². The van der Waals surface area contributed by atoms with Gasteiger partial charge < -0.3 is 14.5 Å². The molecule has 0 bridgehead atoms. The van der Waals surface area contributed by atoms with Crippen molar-refractivity contribution in [2.24, 2.45) is 0 Å². The highest BCUT2D eigenvalue weighted by Gasteiger charge is 2.24. The Morgan fingerprint density at radius 2 is 1.88 bits per heavy atom. The van der Waals surface area contributed by atoms with Crippen LogP contribution in [0.25, 0.3) is 0 Å². The first-order valence-electron chi connectivity index (χ1n) is 8.20. The Labute approximate surface area is 141 Å². The number of amides is 1. The summed E-state index contributed by atoms with van der Waals surface area (Å²) in [6, 6.07) is 6.65. The monoisotopic (exact) mass is 332 g/mol. The molecule has 0 unspecified atom stereocenters. The lowest BCUT2D eigenvalue weighted by Crippen LogP contribution is -2.51. The molecule has 1 amide bonds. The number of hydrogen-bond acceptors (Lipinski definition) is 5. The lowest BCUT2D eigenvalue weighted by atomic mass is 10.1. The minimum absolute atomic E-state index is 0.0929. The number of halogens is 1. The first-order chi connectivity index (χ1) is 11.7. The van der Waals surface area contributed by atoms with Gasteiger partial charge in [-0.1, -0.05) is 6.07 Å². The molecule has 2 fully saturated rings. The molecule has 7 heteroatoms. The van der Waals surface area contributed by atoms with Gasteiger partial charge in [0.15, 0.2) is 0 Å². The van der Waals surface area contributed by atoms with Crippen molar-refractivity contribution in [2.75, 3.05) is 63.9 Å². The number of anilines is 1. The predicted octanol–water partition coefficient (Wildman–Crippen LogP) is 0.678. The van der Waals surface area contributed by atoms with Crippen molar-refractivity contribution in [1.82, 2.24) is 9.80 Å². The summed E-state index contributed by atoms with van der Waals surface area (Å²) >= 11 is 0. The van der Waals surface area contributed by atoms with Crippen LogP contribution in [0.2, 0.25) is 0 Å². The summed E-state index contributed by atoms with van der Waals surface area (Å²) in [6.07, 6.45) is 0. The van der Waals surface area contributed by atoms with E-state index in [9.17, 15) is 9.18 Å². The van der Waals surface area contributed by atoms with Gasteiger partial charge in [-0.15, -0.1) is 0 Å². The van der Waals surface area contributed by atoms with Crippen LogP contribution >= 0.6 is 0 Å². The highest BCUT2D eigenvalue weighted by molar-refractivity contribution is 5.78. The normalized spacial score (nSPS) is 19.2. The molecule has 0 spiro atoms. The molecule has 2 aliphatic rings. The molecule has 0 aromatic heterocycles. The fourth-order valence-corrected chi connectivity index (χ4v) is 3.14. The molecule has 3 rings (SSSR count). The molecule has 2 aliphatic heterocycles. The molecular weight excluding hydrogens is 311 g/mol. The third kappa shape index (κ3) is 3.66. The summed E-state index contributed by atoms with van der Waals surface area (Å²) in [5, 5.41) is 9.16. The number of carbonyl (C=O) groups excluding carboxylic acids is 1. The molecule has 0 atom stereocenters. The molecule has 1 aromatic carbocycles. The van der Waals surface area contributed by atoms with E-state index in [1.165, 1.54) is 6.07 Å². The minimum Gasteiger partial charge on any atom is -0.378 e. The second-order valence-electron chi connectivity index (χ2n) is 6.00. The Hall–Kier alpha value is -2.17. The first kappa shape index (κ1) is 16.7. The quantitative estimate of drug-likeness (QED) is 0.815. The number of piperazine rings is 1. The van der Waals surface area contributed by atoms with Gasteiger partial charge in [-0.3, -0.25) is 9.69 Å². The van der Waals surface area contributed by atoms with Crippen LogP contribution in [0.15, 0.2) is 18.2 Å². The SMILES string of the molecule is N#Cc1c(F)cccc1N1CCN(CC(=O)N2CCOCC2)CC1. The van der Waals surface area contributed by atoms with Gasteiger partial charge in [0.2, 0.25) is 5.91 Å². The molecule has 2 heterocycles. The Morgan fingerprint density at radius 3 is 2.54 bits per heavy atom. The average Bonchev–Trinajstić information content (AvgIpc) is 2.63. The summed E-state index contributed by atoms with van der Waals surface area (Å²) in [4.78, 5) is 18.3. The van der Waals surface area contributed by atoms with Gasteiger partial charge in [-0.2, -0.15) is 5.26 Å². The maximum absolute atomic E-state index is 13.7. The molecule has 0 radical (unpaired) electrons. The van der Waals surface area contributed by atoms with Crippen LogP contribution in [0, 0.1) is 17.1 Å². The maximum atomic E-state index is 13.7. The third-order valence-corrected chi connectivity index (χ3v) is 4.54. The Bertz CT molecular complexity index is 632. The Morgan fingerprint density at radius 1 is 1.17 bits per heavy atom. The van der Waals surface area contributed by atoms with Gasteiger partial charge in [0.25, 0.3) is 0 Å². The van der Waals surface area contributed by atoms with E-state index in [1.807, 2.05) is 15.9 Å². The van der Waals surface area contributed by atoms with Crippen molar-refractivity contribution in [2.45, 2.75) is 0 Å². The molecule has 128 valence electrons. The highest BCUT2D eigenvalue weighted by Crippen LogP contribution is 2.23. The van der Waals surface area contributed by atoms with E-state index < -0.39 is 5.82 Å². The second-order valence-corrected chi connectivity index (χ2v) is 6.00. The lowest BCUT2D eigenvalue weighted by Gasteiger charge is -2.37. The van der Waals surface area contributed by atoms with E-state index in [0.29, 0.717) is 51.6 Å². The van der Waals surface area contributed by atoms with E-state index in [4.69, 9.17) is 10.00 Å². The van der Waals surface area contributed by atoms with Crippen LogP contribution < -0.4 is 4.90 Å². The molecule has 0 N–H and O–H groups in total. The predicted molar refractivity (Wildman–Crippen MR) is 87.2 cm³/mol. The number of carbonyl (C=O) groups is 1. The number of nitriles is 1. The van der Waals surface area contributed by atoms with Gasteiger partial charge in [0, 0.05) is 39.3 Å². The molecule has 2 saturated heterocycles. The van der Waals surface area contributed by atoms with Crippen molar-refractivity contribution in [3.05, 3.63) is 29.6 Å². The zero-order chi connectivity index (χ0) is 16.9. The zero-order valence-electron chi connectivity index (χ0n) is 13.6. The molecule has 1 aromatic rings. The van der Waals surface area contributed by atoms with Crippen LogP contribution in [0.4, 0.5) is 10.1 Å². The van der Waals surface area contributed by atoms with E-state index in [1.54, 1.807) is 12.1 Å². The van der Waals surface area contributed by atoms with Crippen molar-refractivity contribution >= 4 is 11.6 Å². The molecule has 0 saturated carbocycles. The topological polar surface area (TPSA) is 59.8 Å². The van der Waals surface area contributed by atoms with Crippen molar-refractivity contribution in [1.29, 1.82) is 5.26 Å². The summed E-state index contributed by atoms with van der Waals surface area (Å²) in [5.74, 6) is -0.352. The van der Waals surface area contributed by atoms with E-state index in [2.05, 4.69) is 4.90 Å². The van der Waals surface area contributed by atoms with Gasteiger partial charge >= 0.3 is 0 Å². The number of nitrogens with zero attached hydrogens (tertiary/aromatic N) is 4. The number of benzene rings is 1. The van der Waals surface area contributed by atoms with Crippen LogP contribution in [0.3, 0.4) is 0 Å². The van der Waals surface area contributed by atoms with E-state index in [-0.39, 0.29) is 11.5 Å². The molecule has 24 heavy (non-hydrogen) atoms. The van der Waals surface area contributed by atoms with Crippen LogP contribution in [0.1, 0.15) is 5.56 Å². The van der Waals surface area contributed by atoms with Crippen LogP contribution in [-0.2, 0) is 9.53 Å². The summed E-state index contributed by atoms with van der Waals surface area (Å²) in [6.45, 7) is 5.73. The Kier molecular flexibility index (Phi) is 5.28. The van der Waals surface area contributed by atoms with Crippen LogP contribution in [-0.4, -0.2) is 74.7 Å². The summed E-state index contributed by atoms with van der Waals surface area (Å²) < 4.78 is 19.0. The van der Waals surface area contributed by atoms with Crippen LogP contribution in [0.5, 0.6) is 0 Å². The maximum Gasteiger partial charge on any atom is 0.236 e. The average molecular weight is 332 g/mol. The molecular formula is C17H21FN4O2. The van der Waals surface area contributed by atoms with Gasteiger partial charge in [-0.05, 0) is 12.1 Å². The van der Waals surface area contributed by atoms with Gasteiger partial charge in [-0.25, -0.2) is 4.39 Å². The number of rotatable bonds is 3. The van der Waals surface area contributed by atoms with Crippen molar-refractivity contribution in [3.63, 3.8) is 0 Å². The molecule has 6 nitrogen and oxygen atoms in total. The van der Waals surface area contributed by atoms with Gasteiger partial charge in [0.1, 0.15) is 17.4 Å². The smallest absolute Gasteiger partial charge is 0.236 e. The standard InChI is InChI=1S/C17H21FN4O2/c18-15-2-1-3-16(14(15)12-19)21-6-4-20(5-7-21)13-17(23)22-8-10-24-11-9-22/h1-3H,4-11,13H2. The fourth-order valence-electron chi connectivity index (χ4n) is 3.14. The van der Waals surface area contributed by atoms with E-state index in [0.717, 1.165) is 13.1 Å². The number of morpholine rings is 1. The number of hydrogen-bond donors (Lipinski definition) is 0. The number of ether oxygens (including phenoxy) is 1. The highest BCUT2D eigenvalue weighted by atomic mass is 19.1. The Balaban J connectivity index is 1.55. The van der Waals surface area contributed by atoms with E-state index >= 15 is 0 Å². The second kappa shape index (κ2) is 7.60. The van der Waals surface area contributed by atoms with Crippen molar-refractivity contribution in [3.8, 4) is 6.07 Å². The fraction of sp³-hybridized carbons (Fsp3) is 0.529. The molecule has 0 aliphatic carbocycles. The zero-order valence-corrected chi connectivity index (χ0v) is 13.6.